The van der Waals surface area contributed by atoms with Crippen LogP contribution in [-0.4, -0.2) is 45.6 Å². The van der Waals surface area contributed by atoms with Gasteiger partial charge in [0.1, 0.15) is 6.61 Å². The zero-order valence-electron chi connectivity index (χ0n) is 12.5. The van der Waals surface area contributed by atoms with Crippen molar-refractivity contribution in [3.63, 3.8) is 0 Å². The first-order valence-electron chi connectivity index (χ1n) is 6.57. The Morgan fingerprint density at radius 3 is 2.29 bits per heavy atom. The van der Waals surface area contributed by atoms with E-state index in [1.807, 2.05) is 0 Å². The molecule has 7 nitrogen and oxygen atoms in total. The predicted octanol–water partition coefficient (Wildman–Crippen LogP) is -3.68. The van der Waals surface area contributed by atoms with Gasteiger partial charge in [-0.2, -0.15) is 0 Å². The Morgan fingerprint density at radius 2 is 1.81 bits per heavy atom. The van der Waals surface area contributed by atoms with Crippen molar-refractivity contribution >= 4 is 21.9 Å². The van der Waals surface area contributed by atoms with Crippen LogP contribution in [0.5, 0.6) is 0 Å². The number of alkyl carbamates (subject to hydrolysis) is 1. The molecular formula is C12H20KNO6S. The van der Waals surface area contributed by atoms with Gasteiger partial charge in [-0.15, -0.1) is 0 Å². The van der Waals surface area contributed by atoms with Crippen LogP contribution in [0, 0.1) is 11.8 Å². The molecular weight excluding hydrogens is 325 g/mol. The fraction of sp³-hybridized carbons (Fsp3) is 0.833. The van der Waals surface area contributed by atoms with Gasteiger partial charge >= 0.3 is 57.5 Å². The maximum atomic E-state index is 11.3. The van der Waals surface area contributed by atoms with E-state index < -0.39 is 21.9 Å². The number of carboxylic acid groups (broad SMARTS) is 1. The number of rotatable bonds is 6. The molecule has 1 rings (SSSR count). The van der Waals surface area contributed by atoms with Gasteiger partial charge in [0.25, 0.3) is 0 Å². The fourth-order valence-corrected chi connectivity index (χ4v) is 2.55. The average molecular weight is 345 g/mol. The van der Waals surface area contributed by atoms with E-state index in [2.05, 4.69) is 5.32 Å². The topological polar surface area (TPSA) is 113 Å². The number of ether oxygens (including phenoxy) is 1. The molecule has 1 aliphatic carbocycles. The Morgan fingerprint density at radius 1 is 1.24 bits per heavy atom. The Kier molecular flexibility index (Phi) is 10.3. The van der Waals surface area contributed by atoms with E-state index in [4.69, 9.17) is 4.74 Å². The molecule has 0 saturated heterocycles. The van der Waals surface area contributed by atoms with Crippen molar-refractivity contribution in [2.24, 2.45) is 11.8 Å². The van der Waals surface area contributed by atoms with Crippen LogP contribution < -0.4 is 61.8 Å². The maximum absolute atomic E-state index is 11.3. The van der Waals surface area contributed by atoms with Gasteiger partial charge in [-0.3, -0.25) is 0 Å². The monoisotopic (exact) mass is 345 g/mol. The Balaban J connectivity index is 0.00000400. The molecule has 0 radical (unpaired) electrons. The molecule has 0 aliphatic heterocycles. The molecule has 1 N–H and O–H groups in total. The number of sulfone groups is 1. The molecule has 1 saturated carbocycles. The van der Waals surface area contributed by atoms with E-state index in [0.717, 1.165) is 19.1 Å². The minimum atomic E-state index is -3.14. The molecule has 0 aromatic heterocycles. The molecule has 0 bridgehead atoms. The molecule has 1 amide bonds. The Hall–Kier alpha value is 0.326. The summed E-state index contributed by atoms with van der Waals surface area (Å²) < 4.78 is 26.4. The predicted molar refractivity (Wildman–Crippen MR) is 69.5 cm³/mol. The molecule has 21 heavy (non-hydrogen) atoms. The van der Waals surface area contributed by atoms with Crippen LogP contribution in [0.2, 0.25) is 0 Å². The van der Waals surface area contributed by atoms with Crippen LogP contribution in [-0.2, 0) is 19.4 Å². The first-order valence-corrected chi connectivity index (χ1v) is 8.63. The second-order valence-corrected chi connectivity index (χ2v) is 7.44. The summed E-state index contributed by atoms with van der Waals surface area (Å²) in [7, 11) is -3.14. The van der Waals surface area contributed by atoms with Crippen LogP contribution in [0.3, 0.4) is 0 Å². The van der Waals surface area contributed by atoms with Gasteiger partial charge in [0.05, 0.1) is 5.75 Å². The molecule has 0 unspecified atom stereocenters. The summed E-state index contributed by atoms with van der Waals surface area (Å²) >= 11 is 0. The van der Waals surface area contributed by atoms with E-state index in [1.165, 1.54) is 0 Å². The number of nitrogens with one attached hydrogen (secondary N) is 1. The normalized spacial score (nSPS) is 22.0. The van der Waals surface area contributed by atoms with Crippen LogP contribution in [0.4, 0.5) is 4.79 Å². The van der Waals surface area contributed by atoms with Crippen LogP contribution in [0.1, 0.15) is 25.7 Å². The zero-order chi connectivity index (χ0) is 15.2. The number of hydrogen-bond donors (Lipinski definition) is 1. The van der Waals surface area contributed by atoms with Crippen molar-refractivity contribution in [2.75, 3.05) is 25.2 Å². The summed E-state index contributed by atoms with van der Waals surface area (Å²) in [5.41, 5.74) is 0. The summed E-state index contributed by atoms with van der Waals surface area (Å²) in [5.74, 6) is -1.35. The van der Waals surface area contributed by atoms with Gasteiger partial charge in [-0.25, -0.2) is 13.2 Å². The molecule has 0 aromatic rings. The van der Waals surface area contributed by atoms with Crippen molar-refractivity contribution in [1.29, 1.82) is 0 Å². The molecule has 0 aromatic carbocycles. The summed E-state index contributed by atoms with van der Waals surface area (Å²) in [5, 5.41) is 13.2. The van der Waals surface area contributed by atoms with Crippen LogP contribution in [0.15, 0.2) is 0 Å². The van der Waals surface area contributed by atoms with Crippen molar-refractivity contribution in [2.45, 2.75) is 25.7 Å². The third kappa shape index (κ3) is 9.85. The summed E-state index contributed by atoms with van der Waals surface area (Å²) in [4.78, 5) is 22.0. The van der Waals surface area contributed by atoms with Gasteiger partial charge in [-0.05, 0) is 37.5 Å². The number of carbonyl (C=O) groups is 2. The minimum Gasteiger partial charge on any atom is -0.550 e. The summed E-state index contributed by atoms with van der Waals surface area (Å²) in [6.07, 6.45) is 3.01. The van der Waals surface area contributed by atoms with E-state index in [0.29, 0.717) is 19.4 Å². The third-order valence-corrected chi connectivity index (χ3v) is 4.31. The van der Waals surface area contributed by atoms with Crippen molar-refractivity contribution in [1.82, 2.24) is 5.32 Å². The van der Waals surface area contributed by atoms with Gasteiger partial charge in [-0.1, -0.05) is 0 Å². The maximum Gasteiger partial charge on any atom is 1.00 e. The van der Waals surface area contributed by atoms with Crippen LogP contribution in [0.25, 0.3) is 0 Å². The third-order valence-electron chi connectivity index (χ3n) is 3.40. The van der Waals surface area contributed by atoms with Gasteiger partial charge in [0, 0.05) is 18.8 Å². The second-order valence-electron chi connectivity index (χ2n) is 5.18. The van der Waals surface area contributed by atoms with Crippen LogP contribution >= 0.6 is 0 Å². The van der Waals surface area contributed by atoms with E-state index >= 15 is 0 Å². The van der Waals surface area contributed by atoms with Gasteiger partial charge in [0.2, 0.25) is 0 Å². The Bertz CT molecular complexity index is 445. The van der Waals surface area contributed by atoms with Gasteiger partial charge in [0.15, 0.2) is 9.84 Å². The second kappa shape index (κ2) is 10.2. The van der Waals surface area contributed by atoms with Crippen molar-refractivity contribution < 1.29 is 79.2 Å². The average Bonchev–Trinajstić information content (AvgIpc) is 2.35. The zero-order valence-corrected chi connectivity index (χ0v) is 16.4. The quantitative estimate of drug-likeness (QED) is 0.496. The number of hydrogen-bond acceptors (Lipinski definition) is 6. The van der Waals surface area contributed by atoms with E-state index in [9.17, 15) is 23.1 Å². The van der Waals surface area contributed by atoms with Crippen molar-refractivity contribution in [3.8, 4) is 0 Å². The van der Waals surface area contributed by atoms with Crippen molar-refractivity contribution in [3.05, 3.63) is 0 Å². The minimum absolute atomic E-state index is 0. The molecule has 1 fully saturated rings. The molecule has 1 aliphatic rings. The number of amides is 1. The molecule has 0 heterocycles. The summed E-state index contributed by atoms with van der Waals surface area (Å²) in [6, 6.07) is 0. The molecule has 9 heteroatoms. The van der Waals surface area contributed by atoms with E-state index in [-0.39, 0.29) is 75.6 Å². The summed E-state index contributed by atoms with van der Waals surface area (Å²) in [6.45, 7) is 0.250. The molecule has 0 atom stereocenters. The standard InChI is InChI=1S/C12H21NO6S.K/c1-20(17,18)7-6-19-12(16)13-8-9-2-4-10(5-3-9)11(14)15;/h9-10H,2-8H2,1H3,(H,13,16)(H,14,15);/q;+1/p-1. The van der Waals surface area contributed by atoms with Gasteiger partial charge < -0.3 is 20.0 Å². The SMILES string of the molecule is CS(=O)(=O)CCOC(=O)NCC1CCC(C(=O)[O-])CC1.[K+]. The fourth-order valence-electron chi connectivity index (χ4n) is 2.17. The largest absolute Gasteiger partial charge is 1.00 e. The smallest absolute Gasteiger partial charge is 0.550 e. The number of carboxylic acids is 1. The Labute approximate surface area is 167 Å². The molecule has 0 spiro atoms. The first-order chi connectivity index (χ1) is 9.28. The molecule has 116 valence electrons. The first kappa shape index (κ1) is 21.3. The van der Waals surface area contributed by atoms with E-state index in [1.54, 1.807) is 0 Å². The number of carbonyl (C=O) groups excluding carboxylic acids is 2. The number of aliphatic carboxylic acids is 1.